The Morgan fingerprint density at radius 2 is 2.05 bits per heavy atom. The van der Waals surface area contributed by atoms with Gasteiger partial charge in [0.2, 0.25) is 0 Å². The Kier molecular flexibility index (Phi) is 3.19. The number of nitrogen functional groups attached to an aromatic ring is 1. The van der Waals surface area contributed by atoms with Crippen LogP contribution in [0.2, 0.25) is 0 Å². The van der Waals surface area contributed by atoms with Crippen LogP contribution in [0, 0.1) is 0 Å². The van der Waals surface area contributed by atoms with Crippen LogP contribution in [0.1, 0.15) is 19.3 Å². The van der Waals surface area contributed by atoms with Crippen molar-refractivity contribution in [1.82, 2.24) is 9.88 Å². The minimum Gasteiger partial charge on any atom is -0.397 e. The van der Waals surface area contributed by atoms with Crippen LogP contribution in [0.25, 0.3) is 10.8 Å². The van der Waals surface area contributed by atoms with Gasteiger partial charge in [0.15, 0.2) is 0 Å². The maximum Gasteiger partial charge on any atom is 0.0632 e. The lowest BCUT2D eigenvalue weighted by Crippen LogP contribution is -2.55. The number of fused-ring (bicyclic) bond motifs is 2. The summed E-state index contributed by atoms with van der Waals surface area (Å²) in [7, 11) is 0. The first kappa shape index (κ1) is 12.9. The van der Waals surface area contributed by atoms with Crippen LogP contribution in [0.15, 0.2) is 30.6 Å². The van der Waals surface area contributed by atoms with Crippen molar-refractivity contribution in [3.05, 3.63) is 30.6 Å². The first-order chi connectivity index (χ1) is 10.3. The molecule has 110 valence electrons. The standard InChI is InChI=1S/C17H22N4/c18-17-15-6-7-19-11-13(15)4-5-16(17)21-10-9-20-8-2-1-3-14(20)12-21/h4-7,11,14H,1-3,8-10,12,18H2. The molecule has 2 saturated heterocycles. The molecule has 4 heteroatoms. The average Bonchev–Trinajstić information content (AvgIpc) is 2.55. The van der Waals surface area contributed by atoms with Crippen molar-refractivity contribution >= 4 is 22.1 Å². The summed E-state index contributed by atoms with van der Waals surface area (Å²) in [5.41, 5.74) is 8.53. The van der Waals surface area contributed by atoms with E-state index in [0.29, 0.717) is 6.04 Å². The van der Waals surface area contributed by atoms with Gasteiger partial charge in [0.25, 0.3) is 0 Å². The van der Waals surface area contributed by atoms with Gasteiger partial charge < -0.3 is 10.6 Å². The molecule has 2 N–H and O–H groups in total. The minimum atomic E-state index is 0.708. The lowest BCUT2D eigenvalue weighted by atomic mass is 9.98. The lowest BCUT2D eigenvalue weighted by molar-refractivity contribution is 0.133. The second kappa shape index (κ2) is 5.19. The molecule has 2 fully saturated rings. The van der Waals surface area contributed by atoms with Crippen molar-refractivity contribution in [2.45, 2.75) is 25.3 Å². The number of rotatable bonds is 1. The number of benzene rings is 1. The molecule has 3 heterocycles. The van der Waals surface area contributed by atoms with Gasteiger partial charge in [-0.1, -0.05) is 12.5 Å². The summed E-state index contributed by atoms with van der Waals surface area (Å²) in [6.45, 7) is 4.63. The Morgan fingerprint density at radius 1 is 1.10 bits per heavy atom. The van der Waals surface area contributed by atoms with E-state index in [2.05, 4.69) is 26.9 Å². The summed E-state index contributed by atoms with van der Waals surface area (Å²) in [5, 5.41) is 2.24. The molecule has 4 rings (SSSR count). The van der Waals surface area contributed by atoms with E-state index in [-0.39, 0.29) is 0 Å². The van der Waals surface area contributed by atoms with Crippen molar-refractivity contribution in [2.75, 3.05) is 36.8 Å². The van der Waals surface area contributed by atoms with Crippen LogP contribution in [-0.4, -0.2) is 42.1 Å². The molecule has 2 aromatic rings. The molecular formula is C17H22N4. The fraction of sp³-hybridized carbons (Fsp3) is 0.471. The Balaban J connectivity index is 1.65. The minimum absolute atomic E-state index is 0.708. The predicted octanol–water partition coefficient (Wildman–Crippen LogP) is 2.49. The van der Waals surface area contributed by atoms with E-state index in [0.717, 1.165) is 29.5 Å². The van der Waals surface area contributed by atoms with Crippen LogP contribution in [0.3, 0.4) is 0 Å². The highest BCUT2D eigenvalue weighted by molar-refractivity contribution is 5.98. The summed E-state index contributed by atoms with van der Waals surface area (Å²) < 4.78 is 0. The molecule has 1 atom stereocenters. The number of aromatic nitrogens is 1. The number of anilines is 2. The number of hydrogen-bond acceptors (Lipinski definition) is 4. The SMILES string of the molecule is Nc1c(N2CCN3CCCCC3C2)ccc2cnccc12. The summed E-state index contributed by atoms with van der Waals surface area (Å²) in [6.07, 6.45) is 7.76. The van der Waals surface area contributed by atoms with Crippen LogP contribution < -0.4 is 10.6 Å². The van der Waals surface area contributed by atoms with E-state index in [4.69, 9.17) is 5.73 Å². The molecule has 1 aromatic carbocycles. The van der Waals surface area contributed by atoms with Gasteiger partial charge in [0.1, 0.15) is 0 Å². The monoisotopic (exact) mass is 282 g/mol. The molecule has 0 aliphatic carbocycles. The molecule has 2 aliphatic rings. The zero-order valence-corrected chi connectivity index (χ0v) is 12.3. The maximum absolute atomic E-state index is 6.43. The second-order valence-electron chi connectivity index (χ2n) is 6.23. The molecule has 4 nitrogen and oxygen atoms in total. The largest absolute Gasteiger partial charge is 0.397 e. The van der Waals surface area contributed by atoms with Crippen LogP contribution in [-0.2, 0) is 0 Å². The van der Waals surface area contributed by atoms with Gasteiger partial charge in [0, 0.05) is 48.8 Å². The number of piperidine rings is 1. The van der Waals surface area contributed by atoms with E-state index in [1.807, 2.05) is 18.5 Å². The molecule has 0 saturated carbocycles. The lowest BCUT2D eigenvalue weighted by Gasteiger charge is -2.45. The van der Waals surface area contributed by atoms with Gasteiger partial charge in [-0.25, -0.2) is 0 Å². The Hall–Kier alpha value is -1.81. The average molecular weight is 282 g/mol. The summed E-state index contributed by atoms with van der Waals surface area (Å²) in [5.74, 6) is 0. The van der Waals surface area contributed by atoms with Crippen molar-refractivity contribution in [1.29, 1.82) is 0 Å². The number of hydrogen-bond donors (Lipinski definition) is 1. The van der Waals surface area contributed by atoms with Crippen LogP contribution in [0.4, 0.5) is 11.4 Å². The number of nitrogens with zero attached hydrogens (tertiary/aromatic N) is 3. The summed E-state index contributed by atoms with van der Waals surface area (Å²) in [4.78, 5) is 9.30. The van der Waals surface area contributed by atoms with E-state index in [9.17, 15) is 0 Å². The van der Waals surface area contributed by atoms with E-state index >= 15 is 0 Å². The van der Waals surface area contributed by atoms with Crippen LogP contribution >= 0.6 is 0 Å². The fourth-order valence-electron chi connectivity index (χ4n) is 3.83. The second-order valence-corrected chi connectivity index (χ2v) is 6.23. The van der Waals surface area contributed by atoms with Crippen molar-refractivity contribution in [3.63, 3.8) is 0 Å². The quantitative estimate of drug-likeness (QED) is 0.816. The molecule has 21 heavy (non-hydrogen) atoms. The van der Waals surface area contributed by atoms with E-state index in [1.54, 1.807) is 0 Å². The normalized spacial score (nSPS) is 23.2. The Labute approximate surface area is 125 Å². The van der Waals surface area contributed by atoms with Gasteiger partial charge in [0.05, 0.1) is 11.4 Å². The number of piperazine rings is 1. The van der Waals surface area contributed by atoms with E-state index in [1.165, 1.54) is 38.0 Å². The molecular weight excluding hydrogens is 260 g/mol. The number of pyridine rings is 1. The van der Waals surface area contributed by atoms with Gasteiger partial charge in [-0.3, -0.25) is 9.88 Å². The van der Waals surface area contributed by atoms with E-state index < -0.39 is 0 Å². The van der Waals surface area contributed by atoms with Crippen molar-refractivity contribution in [2.24, 2.45) is 0 Å². The first-order valence-electron chi connectivity index (χ1n) is 7.94. The third-order valence-corrected chi connectivity index (χ3v) is 5.02. The molecule has 0 radical (unpaired) electrons. The third-order valence-electron chi connectivity index (χ3n) is 5.02. The summed E-state index contributed by atoms with van der Waals surface area (Å²) in [6, 6.07) is 7.03. The number of nitrogens with two attached hydrogens (primary N) is 1. The Bertz CT molecular complexity index is 654. The predicted molar refractivity (Wildman–Crippen MR) is 87.6 cm³/mol. The highest BCUT2D eigenvalue weighted by Crippen LogP contribution is 2.33. The van der Waals surface area contributed by atoms with Gasteiger partial charge >= 0.3 is 0 Å². The van der Waals surface area contributed by atoms with Gasteiger partial charge in [-0.2, -0.15) is 0 Å². The van der Waals surface area contributed by atoms with Gasteiger partial charge in [-0.15, -0.1) is 0 Å². The molecule has 1 unspecified atom stereocenters. The highest BCUT2D eigenvalue weighted by Gasteiger charge is 2.29. The molecule has 0 amide bonds. The fourth-order valence-corrected chi connectivity index (χ4v) is 3.83. The highest BCUT2D eigenvalue weighted by atomic mass is 15.3. The molecule has 2 aliphatic heterocycles. The summed E-state index contributed by atoms with van der Waals surface area (Å²) >= 11 is 0. The zero-order valence-electron chi connectivity index (χ0n) is 12.3. The first-order valence-corrected chi connectivity index (χ1v) is 7.94. The topological polar surface area (TPSA) is 45.4 Å². The van der Waals surface area contributed by atoms with Crippen LogP contribution in [0.5, 0.6) is 0 Å². The van der Waals surface area contributed by atoms with Crippen molar-refractivity contribution in [3.8, 4) is 0 Å². The zero-order chi connectivity index (χ0) is 14.2. The smallest absolute Gasteiger partial charge is 0.0632 e. The molecule has 0 spiro atoms. The Morgan fingerprint density at radius 3 is 3.00 bits per heavy atom. The van der Waals surface area contributed by atoms with Gasteiger partial charge in [-0.05, 0) is 31.5 Å². The van der Waals surface area contributed by atoms with Crippen molar-refractivity contribution < 1.29 is 0 Å². The molecule has 0 bridgehead atoms. The molecule has 1 aromatic heterocycles. The maximum atomic E-state index is 6.43. The third kappa shape index (κ3) is 2.23.